The highest BCUT2D eigenvalue weighted by Crippen LogP contribution is 2.36. The summed E-state index contributed by atoms with van der Waals surface area (Å²) in [5.41, 5.74) is 1.51. The molecule has 0 saturated carbocycles. The molecule has 0 spiro atoms. The number of amides is 2. The van der Waals surface area contributed by atoms with E-state index < -0.39 is 5.97 Å². The summed E-state index contributed by atoms with van der Waals surface area (Å²) in [6.07, 6.45) is 0.666. The van der Waals surface area contributed by atoms with Gasteiger partial charge in [-0.2, -0.15) is 0 Å². The molecule has 0 saturated heterocycles. The van der Waals surface area contributed by atoms with Crippen LogP contribution in [0.25, 0.3) is 0 Å². The Bertz CT molecular complexity index is 856. The molecule has 1 aliphatic rings. The molecule has 0 aliphatic carbocycles. The minimum atomic E-state index is -0.428. The van der Waals surface area contributed by atoms with Crippen LogP contribution in [0.2, 0.25) is 5.02 Å². The lowest BCUT2D eigenvalue weighted by Gasteiger charge is -2.34. The minimum Gasteiger partial charge on any atom is -0.486 e. The van der Waals surface area contributed by atoms with E-state index in [1.807, 2.05) is 6.92 Å². The van der Waals surface area contributed by atoms with Crippen LogP contribution in [0.1, 0.15) is 30.6 Å². The number of esters is 1. The number of urea groups is 1. The van der Waals surface area contributed by atoms with Crippen LogP contribution in [0.15, 0.2) is 42.5 Å². The van der Waals surface area contributed by atoms with Crippen molar-refractivity contribution in [1.29, 1.82) is 0 Å². The van der Waals surface area contributed by atoms with E-state index in [1.54, 1.807) is 54.3 Å². The zero-order valence-electron chi connectivity index (χ0n) is 15.2. The van der Waals surface area contributed by atoms with Crippen molar-refractivity contribution >= 4 is 35.0 Å². The van der Waals surface area contributed by atoms with E-state index in [9.17, 15) is 9.59 Å². The van der Waals surface area contributed by atoms with Gasteiger partial charge >= 0.3 is 12.0 Å². The number of hydrogen-bond acceptors (Lipinski definition) is 4. The van der Waals surface area contributed by atoms with E-state index in [-0.39, 0.29) is 12.1 Å². The fourth-order valence-electron chi connectivity index (χ4n) is 2.85. The average Bonchev–Trinajstić information content (AvgIpc) is 2.67. The summed E-state index contributed by atoms with van der Waals surface area (Å²) in [4.78, 5) is 26.4. The van der Waals surface area contributed by atoms with Gasteiger partial charge in [-0.05, 0) is 49.7 Å². The third kappa shape index (κ3) is 4.34. The van der Waals surface area contributed by atoms with Crippen LogP contribution in [0.3, 0.4) is 0 Å². The second-order valence-electron chi connectivity index (χ2n) is 6.10. The Hall–Kier alpha value is -2.73. The van der Waals surface area contributed by atoms with Crippen LogP contribution < -0.4 is 15.0 Å². The SMILES string of the molecule is CCOC(=O)c1cccc(NC(=O)N2CC(CC)Oc3ccc(Cl)cc32)c1. The molecule has 2 aromatic rings. The lowest BCUT2D eigenvalue weighted by atomic mass is 10.1. The van der Waals surface area contributed by atoms with Gasteiger partial charge < -0.3 is 14.8 Å². The molecule has 2 amide bonds. The molecule has 1 heterocycles. The molecular formula is C20H21ClN2O4. The number of rotatable bonds is 4. The van der Waals surface area contributed by atoms with Gasteiger partial charge in [-0.1, -0.05) is 24.6 Å². The third-order valence-electron chi connectivity index (χ3n) is 4.22. The first-order valence-corrected chi connectivity index (χ1v) is 9.21. The Kier molecular flexibility index (Phi) is 5.86. The van der Waals surface area contributed by atoms with Gasteiger partial charge in [-0.25, -0.2) is 9.59 Å². The number of fused-ring (bicyclic) bond motifs is 1. The number of benzene rings is 2. The van der Waals surface area contributed by atoms with Crippen LogP contribution in [-0.2, 0) is 4.74 Å². The summed E-state index contributed by atoms with van der Waals surface area (Å²) in [6, 6.07) is 11.5. The summed E-state index contributed by atoms with van der Waals surface area (Å²) in [6.45, 7) is 4.45. The van der Waals surface area contributed by atoms with Gasteiger partial charge in [0.1, 0.15) is 11.9 Å². The maximum atomic E-state index is 12.9. The van der Waals surface area contributed by atoms with E-state index in [1.165, 1.54) is 0 Å². The second-order valence-corrected chi connectivity index (χ2v) is 6.54. The zero-order chi connectivity index (χ0) is 19.4. The molecule has 1 unspecified atom stereocenters. The Balaban J connectivity index is 1.83. The van der Waals surface area contributed by atoms with E-state index in [4.69, 9.17) is 21.1 Å². The van der Waals surface area contributed by atoms with E-state index in [0.717, 1.165) is 6.42 Å². The summed E-state index contributed by atoms with van der Waals surface area (Å²) < 4.78 is 10.9. The van der Waals surface area contributed by atoms with Crippen molar-refractivity contribution in [3.8, 4) is 5.75 Å². The van der Waals surface area contributed by atoms with Gasteiger partial charge in [-0.3, -0.25) is 4.90 Å². The monoisotopic (exact) mass is 388 g/mol. The second kappa shape index (κ2) is 8.31. The van der Waals surface area contributed by atoms with Crippen molar-refractivity contribution in [2.45, 2.75) is 26.4 Å². The number of carbonyl (C=O) groups is 2. The van der Waals surface area contributed by atoms with Crippen molar-refractivity contribution in [3.63, 3.8) is 0 Å². The highest BCUT2D eigenvalue weighted by molar-refractivity contribution is 6.31. The maximum absolute atomic E-state index is 12.9. The molecular weight excluding hydrogens is 368 g/mol. The smallest absolute Gasteiger partial charge is 0.338 e. The van der Waals surface area contributed by atoms with Gasteiger partial charge in [0.2, 0.25) is 0 Å². The first-order valence-electron chi connectivity index (χ1n) is 8.83. The Labute approximate surface area is 163 Å². The van der Waals surface area contributed by atoms with Gasteiger partial charge in [-0.15, -0.1) is 0 Å². The predicted molar refractivity (Wildman–Crippen MR) is 105 cm³/mol. The Morgan fingerprint density at radius 2 is 2.07 bits per heavy atom. The molecule has 6 nitrogen and oxygen atoms in total. The van der Waals surface area contributed by atoms with Gasteiger partial charge in [0, 0.05) is 10.7 Å². The number of nitrogens with zero attached hydrogens (tertiary/aromatic N) is 1. The Morgan fingerprint density at radius 3 is 2.81 bits per heavy atom. The lowest BCUT2D eigenvalue weighted by molar-refractivity contribution is 0.0526. The summed E-state index contributed by atoms with van der Waals surface area (Å²) >= 11 is 6.10. The van der Waals surface area contributed by atoms with Crippen molar-refractivity contribution in [2.75, 3.05) is 23.4 Å². The van der Waals surface area contributed by atoms with E-state index >= 15 is 0 Å². The van der Waals surface area contributed by atoms with Gasteiger partial charge in [0.15, 0.2) is 0 Å². The number of halogens is 1. The number of anilines is 2. The molecule has 142 valence electrons. The average molecular weight is 389 g/mol. The number of carbonyl (C=O) groups excluding carboxylic acids is 2. The number of hydrogen-bond donors (Lipinski definition) is 1. The topological polar surface area (TPSA) is 67.9 Å². The van der Waals surface area contributed by atoms with Crippen LogP contribution in [-0.4, -0.2) is 31.3 Å². The van der Waals surface area contributed by atoms with Crippen LogP contribution in [0, 0.1) is 0 Å². The lowest BCUT2D eigenvalue weighted by Crippen LogP contribution is -2.45. The standard InChI is InChI=1S/C20H21ClN2O4/c1-3-16-12-23(17-11-14(21)8-9-18(17)27-16)20(25)22-15-7-5-6-13(10-15)19(24)26-4-2/h5-11,16H,3-4,12H2,1-2H3,(H,22,25). The zero-order valence-corrected chi connectivity index (χ0v) is 16.0. The quantitative estimate of drug-likeness (QED) is 0.769. The third-order valence-corrected chi connectivity index (χ3v) is 4.45. The highest BCUT2D eigenvalue weighted by atomic mass is 35.5. The largest absolute Gasteiger partial charge is 0.486 e. The van der Waals surface area contributed by atoms with Crippen LogP contribution in [0.4, 0.5) is 16.2 Å². The first kappa shape index (κ1) is 19.0. The molecule has 1 N–H and O–H groups in total. The van der Waals surface area contributed by atoms with Crippen LogP contribution >= 0.6 is 11.6 Å². The molecule has 7 heteroatoms. The highest BCUT2D eigenvalue weighted by Gasteiger charge is 2.29. The molecule has 2 aromatic carbocycles. The number of ether oxygens (including phenoxy) is 2. The van der Waals surface area contributed by atoms with Crippen molar-refractivity contribution in [3.05, 3.63) is 53.1 Å². The predicted octanol–water partition coefficient (Wildman–Crippen LogP) is 4.73. The molecule has 1 aliphatic heterocycles. The summed E-state index contributed by atoms with van der Waals surface area (Å²) in [7, 11) is 0. The Morgan fingerprint density at radius 1 is 1.26 bits per heavy atom. The van der Waals surface area contributed by atoms with Crippen LogP contribution in [0.5, 0.6) is 5.75 Å². The maximum Gasteiger partial charge on any atom is 0.338 e. The fourth-order valence-corrected chi connectivity index (χ4v) is 3.02. The van der Waals surface area contributed by atoms with E-state index in [2.05, 4.69) is 5.32 Å². The van der Waals surface area contributed by atoms with E-state index in [0.29, 0.717) is 40.9 Å². The molecule has 3 rings (SSSR count). The van der Waals surface area contributed by atoms with Gasteiger partial charge in [0.25, 0.3) is 0 Å². The molecule has 0 radical (unpaired) electrons. The van der Waals surface area contributed by atoms with Gasteiger partial charge in [0.05, 0.1) is 24.4 Å². The summed E-state index contributed by atoms with van der Waals surface area (Å²) in [5, 5.41) is 3.36. The normalized spacial score (nSPS) is 15.5. The minimum absolute atomic E-state index is 0.102. The summed E-state index contributed by atoms with van der Waals surface area (Å²) in [5.74, 6) is 0.191. The fraction of sp³-hybridized carbons (Fsp3) is 0.300. The first-order chi connectivity index (χ1) is 13.0. The molecule has 0 fully saturated rings. The van der Waals surface area contributed by atoms with Crippen molar-refractivity contribution in [2.24, 2.45) is 0 Å². The van der Waals surface area contributed by atoms with Crippen molar-refractivity contribution in [1.82, 2.24) is 0 Å². The number of nitrogens with one attached hydrogen (secondary N) is 1. The molecule has 27 heavy (non-hydrogen) atoms. The molecule has 0 bridgehead atoms. The molecule has 0 aromatic heterocycles. The van der Waals surface area contributed by atoms with Crippen molar-refractivity contribution < 1.29 is 19.1 Å². The molecule has 1 atom stereocenters.